The van der Waals surface area contributed by atoms with Crippen molar-refractivity contribution in [2.75, 3.05) is 14.2 Å². The normalized spacial score (nSPS) is 11.3. The van der Waals surface area contributed by atoms with Crippen LogP contribution in [0, 0.1) is 0 Å². The minimum atomic E-state index is 0.836. The van der Waals surface area contributed by atoms with E-state index >= 15 is 0 Å². The molecule has 8 aromatic carbocycles. The van der Waals surface area contributed by atoms with Gasteiger partial charge in [0.1, 0.15) is 11.5 Å². The predicted octanol–water partition coefficient (Wildman–Crippen LogP) is 11.8. The first-order valence-electron chi connectivity index (χ1n) is 15.6. The second kappa shape index (κ2) is 11.6. The zero-order chi connectivity index (χ0) is 31.0. The van der Waals surface area contributed by atoms with Gasteiger partial charge in [0.2, 0.25) is 0 Å². The second-order valence-electron chi connectivity index (χ2n) is 11.5. The third-order valence-corrected chi connectivity index (χ3v) is 9.07. The number of fused-ring (bicyclic) bond motifs is 6. The first kappa shape index (κ1) is 27.7. The summed E-state index contributed by atoms with van der Waals surface area (Å²) in [7, 11) is 3.44. The van der Waals surface area contributed by atoms with Gasteiger partial charge < -0.3 is 9.47 Å². The van der Waals surface area contributed by atoms with Crippen LogP contribution < -0.4 is 9.47 Å². The van der Waals surface area contributed by atoms with Crippen LogP contribution in [0.5, 0.6) is 11.5 Å². The van der Waals surface area contributed by atoms with E-state index in [9.17, 15) is 0 Å². The molecule has 0 amide bonds. The fourth-order valence-electron chi connectivity index (χ4n) is 7.04. The molecule has 0 bridgehead atoms. The van der Waals surface area contributed by atoms with Gasteiger partial charge in [0.15, 0.2) is 0 Å². The molecule has 0 saturated heterocycles. The van der Waals surface area contributed by atoms with E-state index in [1.807, 2.05) is 0 Å². The minimum absolute atomic E-state index is 0.836. The van der Waals surface area contributed by atoms with Crippen LogP contribution in [0.25, 0.3) is 76.8 Å². The Labute approximate surface area is 269 Å². The molecule has 0 N–H and O–H groups in total. The maximum atomic E-state index is 5.61. The van der Waals surface area contributed by atoms with Crippen LogP contribution in [0.1, 0.15) is 0 Å². The quantitative estimate of drug-likeness (QED) is 0.179. The number of hydrogen-bond acceptors (Lipinski definition) is 2. The molecule has 0 heterocycles. The van der Waals surface area contributed by atoms with Crippen molar-refractivity contribution in [3.63, 3.8) is 0 Å². The number of hydrogen-bond donors (Lipinski definition) is 0. The Bertz CT molecular complexity index is 2170. The molecule has 0 aliphatic rings. The van der Waals surface area contributed by atoms with E-state index in [0.717, 1.165) is 22.6 Å². The van der Waals surface area contributed by atoms with Gasteiger partial charge in [0, 0.05) is 0 Å². The first-order valence-corrected chi connectivity index (χ1v) is 15.6. The van der Waals surface area contributed by atoms with Crippen LogP contribution in [0.4, 0.5) is 0 Å². The lowest BCUT2D eigenvalue weighted by Gasteiger charge is -2.26. The molecule has 0 saturated carbocycles. The monoisotopic (exact) mass is 592 g/mol. The summed E-state index contributed by atoms with van der Waals surface area (Å²) in [5.41, 5.74) is 9.45. The van der Waals surface area contributed by atoms with E-state index in [1.54, 1.807) is 14.2 Å². The lowest BCUT2D eigenvalue weighted by Crippen LogP contribution is -1.99. The third-order valence-electron chi connectivity index (χ3n) is 9.07. The van der Waals surface area contributed by atoms with E-state index in [0.29, 0.717) is 0 Å². The zero-order valence-corrected chi connectivity index (χ0v) is 25.8. The van der Waals surface area contributed by atoms with E-state index in [4.69, 9.17) is 9.47 Å². The molecule has 46 heavy (non-hydrogen) atoms. The molecular weight excluding hydrogens is 560 g/mol. The molecule has 2 heteroatoms. The highest BCUT2D eigenvalue weighted by Gasteiger charge is 2.26. The van der Waals surface area contributed by atoms with Gasteiger partial charge in [0.25, 0.3) is 0 Å². The average Bonchev–Trinajstić information content (AvgIpc) is 3.14. The van der Waals surface area contributed by atoms with Crippen LogP contribution in [-0.4, -0.2) is 14.2 Å². The predicted molar refractivity (Wildman–Crippen MR) is 194 cm³/mol. The van der Waals surface area contributed by atoms with E-state index < -0.39 is 0 Å². The molecule has 8 aromatic rings. The summed E-state index contributed by atoms with van der Waals surface area (Å²) in [5, 5.41) is 7.43. The zero-order valence-electron chi connectivity index (χ0n) is 25.8. The molecule has 0 unspecified atom stereocenters. The summed E-state index contributed by atoms with van der Waals surface area (Å²) in [5.74, 6) is 1.67. The largest absolute Gasteiger partial charge is 0.497 e. The van der Waals surface area contributed by atoms with Crippen molar-refractivity contribution in [1.82, 2.24) is 0 Å². The van der Waals surface area contributed by atoms with Crippen molar-refractivity contribution in [2.45, 2.75) is 0 Å². The van der Waals surface area contributed by atoms with Crippen molar-refractivity contribution < 1.29 is 9.47 Å². The van der Waals surface area contributed by atoms with Gasteiger partial charge in [-0.2, -0.15) is 0 Å². The molecule has 0 aliphatic carbocycles. The molecular formula is C44H32O2. The number of benzene rings is 8. The van der Waals surface area contributed by atoms with Crippen molar-refractivity contribution in [3.8, 4) is 56.0 Å². The Morgan fingerprint density at radius 2 is 0.587 bits per heavy atom. The molecule has 0 atom stereocenters. The smallest absolute Gasteiger partial charge is 0.118 e. The van der Waals surface area contributed by atoms with Crippen LogP contribution in [0.15, 0.2) is 158 Å². The topological polar surface area (TPSA) is 18.5 Å². The van der Waals surface area contributed by atoms with Crippen molar-refractivity contribution in [1.29, 1.82) is 0 Å². The Balaban J connectivity index is 1.72. The number of ether oxygens (including phenoxy) is 2. The second-order valence-corrected chi connectivity index (χ2v) is 11.5. The molecule has 0 radical (unpaired) electrons. The highest BCUT2D eigenvalue weighted by molar-refractivity contribution is 6.35. The lowest BCUT2D eigenvalue weighted by atomic mass is 9.76. The van der Waals surface area contributed by atoms with Crippen LogP contribution in [0.2, 0.25) is 0 Å². The van der Waals surface area contributed by atoms with Gasteiger partial charge in [-0.25, -0.2) is 0 Å². The summed E-state index contributed by atoms with van der Waals surface area (Å²) in [4.78, 5) is 0. The summed E-state index contributed by atoms with van der Waals surface area (Å²) in [6.45, 7) is 0. The molecule has 0 spiro atoms. The summed E-state index contributed by atoms with van der Waals surface area (Å²) in [6, 6.07) is 56.5. The van der Waals surface area contributed by atoms with Crippen molar-refractivity contribution >= 4 is 32.3 Å². The molecule has 0 aromatic heterocycles. The molecule has 0 fully saturated rings. The highest BCUT2D eigenvalue weighted by Crippen LogP contribution is 2.54. The van der Waals surface area contributed by atoms with Gasteiger partial charge in [0.05, 0.1) is 14.2 Å². The van der Waals surface area contributed by atoms with Crippen LogP contribution in [0.3, 0.4) is 0 Å². The van der Waals surface area contributed by atoms with Gasteiger partial charge in [-0.1, -0.05) is 133 Å². The van der Waals surface area contributed by atoms with E-state index in [2.05, 4.69) is 158 Å². The lowest BCUT2D eigenvalue weighted by molar-refractivity contribution is 0.415. The first-order chi connectivity index (χ1) is 22.8. The Morgan fingerprint density at radius 3 is 0.935 bits per heavy atom. The van der Waals surface area contributed by atoms with E-state index in [-0.39, 0.29) is 0 Å². The van der Waals surface area contributed by atoms with Crippen LogP contribution in [-0.2, 0) is 0 Å². The SMILES string of the molecule is COc1ccc(-c2c(-c3ccccc3)c(-c3ccccc3)c(-c3ccc(OC)cc3)c3c4ccccc4c4ccccc4c23)cc1. The van der Waals surface area contributed by atoms with Gasteiger partial charge >= 0.3 is 0 Å². The van der Waals surface area contributed by atoms with Crippen LogP contribution >= 0.6 is 0 Å². The summed E-state index contributed by atoms with van der Waals surface area (Å²) >= 11 is 0. The van der Waals surface area contributed by atoms with Crippen molar-refractivity contribution in [3.05, 3.63) is 158 Å². The maximum absolute atomic E-state index is 5.61. The fraction of sp³-hybridized carbons (Fsp3) is 0.0455. The minimum Gasteiger partial charge on any atom is -0.497 e. The Hall–Kier alpha value is -5.86. The third kappa shape index (κ3) is 4.50. The Kier molecular flexibility index (Phi) is 6.96. The standard InChI is InChI=1S/C44H32O2/c1-45-33-25-21-31(22-26-33)41-39(29-13-5-3-6-14-29)40(30-15-7-4-8-16-30)42(32-23-27-34(46-2)28-24-32)44-38-20-12-10-18-36(38)35-17-9-11-19-37(35)43(41)44/h3-28H,1-2H3. The summed E-state index contributed by atoms with van der Waals surface area (Å²) < 4.78 is 11.2. The average molecular weight is 593 g/mol. The molecule has 2 nitrogen and oxygen atoms in total. The maximum Gasteiger partial charge on any atom is 0.118 e. The fourth-order valence-corrected chi connectivity index (χ4v) is 7.04. The molecule has 220 valence electrons. The van der Waals surface area contributed by atoms with Gasteiger partial charge in [-0.3, -0.25) is 0 Å². The number of methoxy groups -OCH3 is 2. The van der Waals surface area contributed by atoms with E-state index in [1.165, 1.54) is 65.7 Å². The molecule has 0 aliphatic heterocycles. The van der Waals surface area contributed by atoms with Gasteiger partial charge in [-0.05, 0) is 101 Å². The molecule has 8 rings (SSSR count). The summed E-state index contributed by atoms with van der Waals surface area (Å²) in [6.07, 6.45) is 0. The van der Waals surface area contributed by atoms with Gasteiger partial charge in [-0.15, -0.1) is 0 Å². The highest BCUT2D eigenvalue weighted by atomic mass is 16.5. The van der Waals surface area contributed by atoms with Crippen molar-refractivity contribution in [2.24, 2.45) is 0 Å². The Morgan fingerprint density at radius 1 is 0.283 bits per heavy atom. The number of rotatable bonds is 6.